The number of hydrogen-bond acceptors (Lipinski definition) is 6. The lowest BCUT2D eigenvalue weighted by molar-refractivity contribution is 0.0792. The lowest BCUT2D eigenvalue weighted by atomic mass is 10.1. The van der Waals surface area contributed by atoms with Gasteiger partial charge in [0.1, 0.15) is 13.5 Å². The molecule has 2 N–H and O–H groups in total. The van der Waals surface area contributed by atoms with Crippen LogP contribution in [-0.4, -0.2) is 61.6 Å². The fraction of sp³-hybridized carbons (Fsp3) is 0.789. The van der Waals surface area contributed by atoms with E-state index in [0.717, 1.165) is 39.0 Å². The standard InChI is InChI=1S/C38H70N4O4/c1-5-9-11-13-15-17-19-21-23-25-31-41(7-3)33-45-37(43)39-35-27-29-36(30-28-35)40-38(44)46-34-42(8-4)32-26-24-22-20-18-16-14-12-10-6-2/h27-30H,5-26,31-34H2,1-4H3,(H,39,43)(H,40,44). The lowest BCUT2D eigenvalue weighted by Crippen LogP contribution is -2.30. The van der Waals surface area contributed by atoms with Crippen LogP contribution in [0.25, 0.3) is 0 Å². The van der Waals surface area contributed by atoms with Crippen molar-refractivity contribution in [2.75, 3.05) is 50.3 Å². The monoisotopic (exact) mass is 647 g/mol. The third kappa shape index (κ3) is 23.9. The SMILES string of the molecule is CCCCCCCCCCCCN(CC)COC(=O)Nc1ccc(NC(=O)OCN(CC)CCCCCCCCCCCC)cc1. The summed E-state index contributed by atoms with van der Waals surface area (Å²) in [5.74, 6) is 0. The Balaban J connectivity index is 2.16. The van der Waals surface area contributed by atoms with Gasteiger partial charge in [-0.25, -0.2) is 9.59 Å². The molecule has 0 saturated heterocycles. The van der Waals surface area contributed by atoms with E-state index in [4.69, 9.17) is 9.47 Å². The Bertz CT molecular complexity index is 783. The van der Waals surface area contributed by atoms with E-state index in [0.29, 0.717) is 11.4 Å². The Labute approximate surface area is 282 Å². The molecule has 0 spiro atoms. The molecule has 8 nitrogen and oxygen atoms in total. The maximum atomic E-state index is 12.3. The van der Waals surface area contributed by atoms with E-state index in [-0.39, 0.29) is 13.5 Å². The van der Waals surface area contributed by atoms with Crippen LogP contribution in [0.1, 0.15) is 156 Å². The van der Waals surface area contributed by atoms with E-state index in [1.807, 2.05) is 0 Å². The van der Waals surface area contributed by atoms with Gasteiger partial charge in [-0.15, -0.1) is 0 Å². The Morgan fingerprint density at radius 3 is 1.04 bits per heavy atom. The lowest BCUT2D eigenvalue weighted by Gasteiger charge is -2.20. The molecular formula is C38H70N4O4. The van der Waals surface area contributed by atoms with Gasteiger partial charge in [0, 0.05) is 24.5 Å². The van der Waals surface area contributed by atoms with Crippen molar-refractivity contribution in [3.8, 4) is 0 Å². The van der Waals surface area contributed by atoms with E-state index < -0.39 is 12.2 Å². The predicted octanol–water partition coefficient (Wildman–Crippen LogP) is 11.2. The van der Waals surface area contributed by atoms with Crippen molar-refractivity contribution in [2.45, 2.75) is 156 Å². The predicted molar refractivity (Wildman–Crippen MR) is 195 cm³/mol. The average Bonchev–Trinajstić information content (AvgIpc) is 3.06. The van der Waals surface area contributed by atoms with Crippen molar-refractivity contribution in [1.82, 2.24) is 9.80 Å². The van der Waals surface area contributed by atoms with Crippen LogP contribution in [0, 0.1) is 0 Å². The van der Waals surface area contributed by atoms with Crippen LogP contribution in [0.3, 0.4) is 0 Å². The Kier molecular flexibility index (Phi) is 27.2. The molecule has 0 aliphatic rings. The second kappa shape index (κ2) is 30.0. The molecule has 0 unspecified atom stereocenters. The average molecular weight is 647 g/mol. The molecule has 0 radical (unpaired) electrons. The van der Waals surface area contributed by atoms with Crippen molar-refractivity contribution < 1.29 is 19.1 Å². The molecular weight excluding hydrogens is 576 g/mol. The first-order valence-electron chi connectivity index (χ1n) is 18.9. The summed E-state index contributed by atoms with van der Waals surface area (Å²) in [6.45, 7) is 12.8. The number of anilines is 2. The minimum Gasteiger partial charge on any atom is -0.433 e. The molecule has 0 fully saturated rings. The molecule has 0 aromatic heterocycles. The summed E-state index contributed by atoms with van der Waals surface area (Å²) in [7, 11) is 0. The minimum atomic E-state index is -0.483. The van der Waals surface area contributed by atoms with Gasteiger partial charge in [0.05, 0.1) is 0 Å². The van der Waals surface area contributed by atoms with Gasteiger partial charge in [-0.05, 0) is 50.2 Å². The highest BCUT2D eigenvalue weighted by Gasteiger charge is 2.10. The summed E-state index contributed by atoms with van der Waals surface area (Å²) < 4.78 is 10.9. The van der Waals surface area contributed by atoms with E-state index in [9.17, 15) is 9.59 Å². The van der Waals surface area contributed by atoms with Gasteiger partial charge < -0.3 is 9.47 Å². The highest BCUT2D eigenvalue weighted by atomic mass is 16.6. The molecule has 0 saturated carbocycles. The Morgan fingerprint density at radius 2 is 0.761 bits per heavy atom. The highest BCUT2D eigenvalue weighted by Crippen LogP contribution is 2.15. The summed E-state index contributed by atoms with van der Waals surface area (Å²) in [5, 5.41) is 5.53. The van der Waals surface area contributed by atoms with Crippen LogP contribution in [-0.2, 0) is 9.47 Å². The second-order valence-corrected chi connectivity index (χ2v) is 12.7. The molecule has 0 heterocycles. The van der Waals surface area contributed by atoms with Crippen LogP contribution < -0.4 is 10.6 Å². The van der Waals surface area contributed by atoms with Crippen molar-refractivity contribution >= 4 is 23.6 Å². The number of carbonyl (C=O) groups is 2. The molecule has 0 aliphatic carbocycles. The first kappa shape index (κ1) is 41.7. The Hall–Kier alpha value is -2.32. The molecule has 1 rings (SSSR count). The molecule has 0 bridgehead atoms. The minimum absolute atomic E-state index is 0.277. The topological polar surface area (TPSA) is 83.1 Å². The number of amides is 2. The highest BCUT2D eigenvalue weighted by molar-refractivity contribution is 5.87. The number of rotatable bonds is 30. The van der Waals surface area contributed by atoms with Crippen molar-refractivity contribution in [3.63, 3.8) is 0 Å². The molecule has 8 heteroatoms. The molecule has 46 heavy (non-hydrogen) atoms. The summed E-state index contributed by atoms with van der Waals surface area (Å²) in [6, 6.07) is 6.95. The smallest absolute Gasteiger partial charge is 0.412 e. The molecule has 2 amide bonds. The quantitative estimate of drug-likeness (QED) is 0.0639. The Morgan fingerprint density at radius 1 is 0.478 bits per heavy atom. The third-order valence-corrected chi connectivity index (χ3v) is 8.68. The fourth-order valence-corrected chi connectivity index (χ4v) is 5.52. The van der Waals surface area contributed by atoms with Crippen molar-refractivity contribution in [2.24, 2.45) is 0 Å². The van der Waals surface area contributed by atoms with Crippen LogP contribution in [0.2, 0.25) is 0 Å². The number of ether oxygens (including phenoxy) is 2. The first-order valence-corrected chi connectivity index (χ1v) is 18.9. The maximum Gasteiger partial charge on any atom is 0.412 e. The van der Waals surface area contributed by atoms with Gasteiger partial charge in [-0.2, -0.15) is 0 Å². The molecule has 266 valence electrons. The van der Waals surface area contributed by atoms with E-state index in [1.54, 1.807) is 24.3 Å². The number of unbranched alkanes of at least 4 members (excludes halogenated alkanes) is 18. The number of carbonyl (C=O) groups excluding carboxylic acids is 2. The fourth-order valence-electron chi connectivity index (χ4n) is 5.52. The van der Waals surface area contributed by atoms with Gasteiger partial charge in [-0.3, -0.25) is 20.4 Å². The molecule has 0 aliphatic heterocycles. The largest absolute Gasteiger partial charge is 0.433 e. The zero-order valence-corrected chi connectivity index (χ0v) is 30.2. The zero-order chi connectivity index (χ0) is 33.5. The third-order valence-electron chi connectivity index (χ3n) is 8.68. The number of nitrogens with zero attached hydrogens (tertiary/aromatic N) is 2. The second-order valence-electron chi connectivity index (χ2n) is 12.7. The van der Waals surface area contributed by atoms with Crippen LogP contribution in [0.5, 0.6) is 0 Å². The van der Waals surface area contributed by atoms with E-state index in [2.05, 4.69) is 48.1 Å². The summed E-state index contributed by atoms with van der Waals surface area (Å²) >= 11 is 0. The molecule has 1 aromatic carbocycles. The van der Waals surface area contributed by atoms with Gasteiger partial charge in [0.15, 0.2) is 0 Å². The maximum absolute atomic E-state index is 12.3. The zero-order valence-electron chi connectivity index (χ0n) is 30.2. The van der Waals surface area contributed by atoms with E-state index >= 15 is 0 Å². The van der Waals surface area contributed by atoms with Crippen LogP contribution in [0.4, 0.5) is 21.0 Å². The summed E-state index contributed by atoms with van der Waals surface area (Å²) in [5.41, 5.74) is 1.21. The number of hydrogen-bond donors (Lipinski definition) is 2. The van der Waals surface area contributed by atoms with Gasteiger partial charge in [0.25, 0.3) is 0 Å². The number of nitrogens with one attached hydrogen (secondary N) is 2. The number of benzene rings is 1. The van der Waals surface area contributed by atoms with E-state index in [1.165, 1.54) is 116 Å². The van der Waals surface area contributed by atoms with Crippen molar-refractivity contribution in [3.05, 3.63) is 24.3 Å². The first-order chi connectivity index (χ1) is 22.5. The van der Waals surface area contributed by atoms with Crippen LogP contribution in [0.15, 0.2) is 24.3 Å². The van der Waals surface area contributed by atoms with Crippen molar-refractivity contribution in [1.29, 1.82) is 0 Å². The summed E-state index contributed by atoms with van der Waals surface area (Å²) in [4.78, 5) is 29.0. The van der Waals surface area contributed by atoms with Crippen LogP contribution >= 0.6 is 0 Å². The van der Waals surface area contributed by atoms with Gasteiger partial charge in [0.2, 0.25) is 0 Å². The van der Waals surface area contributed by atoms with Gasteiger partial charge in [-0.1, -0.05) is 143 Å². The molecule has 1 aromatic rings. The van der Waals surface area contributed by atoms with Gasteiger partial charge >= 0.3 is 12.2 Å². The summed E-state index contributed by atoms with van der Waals surface area (Å²) in [6.07, 6.45) is 25.3. The molecule has 0 atom stereocenters. The normalized spacial score (nSPS) is 11.3.